The van der Waals surface area contributed by atoms with Crippen molar-refractivity contribution in [1.82, 2.24) is 9.97 Å². The molecule has 2 rings (SSSR count). The molecule has 1 aliphatic rings. The molecule has 4 N–H and O–H groups in total. The topological polar surface area (TPSA) is 125 Å². The van der Waals surface area contributed by atoms with E-state index in [4.69, 9.17) is 15.6 Å². The molecule has 1 fully saturated rings. The molecule has 0 saturated carbocycles. The van der Waals surface area contributed by atoms with Crippen LogP contribution < -0.4 is 21.1 Å². The number of nitrogen functional groups attached to an aromatic ring is 1. The maximum absolute atomic E-state index is 12.3. The molecular weight excluding hydrogens is 302 g/mol. The summed E-state index contributed by atoms with van der Waals surface area (Å²) in [5, 5.41) is 9.17. The Hall–Kier alpha value is -2.39. The number of carbonyl (C=O) groups is 1. The average molecular weight is 323 g/mol. The van der Waals surface area contributed by atoms with Gasteiger partial charge in [0.15, 0.2) is 5.82 Å². The van der Waals surface area contributed by atoms with Gasteiger partial charge in [-0.3, -0.25) is 19.5 Å². The Balaban J connectivity index is 2.44. The average Bonchev–Trinajstić information content (AvgIpc) is 2.96. The predicted octanol–water partition coefficient (Wildman–Crippen LogP) is -0.565. The highest BCUT2D eigenvalue weighted by Gasteiger charge is 2.33. The largest absolute Gasteiger partial charge is 0.394 e. The van der Waals surface area contributed by atoms with Gasteiger partial charge in [0.1, 0.15) is 11.9 Å². The highest BCUT2D eigenvalue weighted by molar-refractivity contribution is 5.81. The Morgan fingerprint density at radius 1 is 1.57 bits per heavy atom. The summed E-state index contributed by atoms with van der Waals surface area (Å²) in [6.45, 7) is 3.89. The van der Waals surface area contributed by atoms with Crippen LogP contribution in [0.25, 0.3) is 0 Å². The van der Waals surface area contributed by atoms with Gasteiger partial charge < -0.3 is 20.5 Å². The number of hydrogen-bond acceptors (Lipinski definition) is 7. The van der Waals surface area contributed by atoms with Crippen molar-refractivity contribution >= 4 is 23.9 Å². The number of aromatic nitrogens is 2. The van der Waals surface area contributed by atoms with E-state index < -0.39 is 11.8 Å². The van der Waals surface area contributed by atoms with Gasteiger partial charge in [-0.25, -0.2) is 0 Å². The maximum Gasteiger partial charge on any atom is 0.278 e. The van der Waals surface area contributed by atoms with Crippen LogP contribution in [-0.4, -0.2) is 54.0 Å². The van der Waals surface area contributed by atoms with Crippen molar-refractivity contribution in [1.29, 1.82) is 0 Å². The molecule has 2 unspecified atom stereocenters. The minimum atomic E-state index is -0.603. The van der Waals surface area contributed by atoms with E-state index in [-0.39, 0.29) is 30.2 Å². The van der Waals surface area contributed by atoms with Crippen molar-refractivity contribution in [3.63, 3.8) is 0 Å². The predicted molar refractivity (Wildman–Crippen MR) is 86.3 cm³/mol. The summed E-state index contributed by atoms with van der Waals surface area (Å²) in [7, 11) is 1.68. The van der Waals surface area contributed by atoms with Gasteiger partial charge in [-0.2, -0.15) is 4.98 Å². The molecule has 1 aromatic rings. The number of nitrogens with two attached hydrogens (primary N) is 1. The standard InChI is InChI=1S/C14H21N5O4/c1-3-6-18(2)11-12(16-14(15)17-13(11)22)19(8-21)10-5-4-9(7-20)23-10/h3,8-10,20H,1,4-7H2,2H3,(H3,15,16,17,22). The summed E-state index contributed by atoms with van der Waals surface area (Å²) in [6, 6.07) is 0. The number of rotatable bonds is 7. The molecule has 9 heteroatoms. The van der Waals surface area contributed by atoms with Crippen LogP contribution in [0.3, 0.4) is 0 Å². The Labute approximate surface area is 133 Å². The molecule has 9 nitrogen and oxygen atoms in total. The first-order valence-corrected chi connectivity index (χ1v) is 7.23. The number of nitrogens with zero attached hydrogens (tertiary/aromatic N) is 3. The Morgan fingerprint density at radius 3 is 2.87 bits per heavy atom. The number of H-pyrrole nitrogens is 1. The molecule has 0 aliphatic carbocycles. The van der Waals surface area contributed by atoms with E-state index >= 15 is 0 Å². The Kier molecular flexibility index (Phi) is 5.35. The minimum Gasteiger partial charge on any atom is -0.394 e. The number of aromatic amines is 1. The molecule has 2 atom stereocenters. The van der Waals surface area contributed by atoms with E-state index in [9.17, 15) is 9.59 Å². The van der Waals surface area contributed by atoms with Gasteiger partial charge in [-0.1, -0.05) is 6.08 Å². The zero-order valence-electron chi connectivity index (χ0n) is 12.9. The molecular formula is C14H21N5O4. The molecule has 1 aliphatic heterocycles. The highest BCUT2D eigenvalue weighted by atomic mass is 16.5. The molecule has 0 spiro atoms. The summed E-state index contributed by atoms with van der Waals surface area (Å²) >= 11 is 0. The summed E-state index contributed by atoms with van der Waals surface area (Å²) in [5.74, 6) is 0.0264. The van der Waals surface area contributed by atoms with E-state index in [2.05, 4.69) is 16.5 Å². The number of aliphatic hydroxyl groups excluding tert-OH is 1. The van der Waals surface area contributed by atoms with Crippen LogP contribution in [0.2, 0.25) is 0 Å². The van der Waals surface area contributed by atoms with Crippen LogP contribution in [-0.2, 0) is 9.53 Å². The quantitative estimate of drug-likeness (QED) is 0.453. The lowest BCUT2D eigenvalue weighted by molar-refractivity contribution is -0.110. The number of anilines is 3. The SMILES string of the molecule is C=CCN(C)c1c(N(C=O)C2CCC(CO)O2)nc(N)[nH]c1=O. The number of likely N-dealkylation sites (N-methyl/N-ethyl adjacent to an activating group) is 1. The maximum atomic E-state index is 12.3. The van der Waals surface area contributed by atoms with E-state index in [0.29, 0.717) is 25.8 Å². The van der Waals surface area contributed by atoms with Crippen molar-refractivity contribution in [2.24, 2.45) is 0 Å². The van der Waals surface area contributed by atoms with Crippen LogP contribution in [0.1, 0.15) is 12.8 Å². The summed E-state index contributed by atoms with van der Waals surface area (Å²) < 4.78 is 5.61. The van der Waals surface area contributed by atoms with Crippen LogP contribution in [0, 0.1) is 0 Å². The fraction of sp³-hybridized carbons (Fsp3) is 0.500. The second-order valence-corrected chi connectivity index (χ2v) is 5.28. The molecule has 2 heterocycles. The van der Waals surface area contributed by atoms with E-state index in [1.165, 1.54) is 4.90 Å². The Morgan fingerprint density at radius 2 is 2.30 bits per heavy atom. The summed E-state index contributed by atoms with van der Waals surface area (Å²) in [6.07, 6.45) is 2.38. The van der Waals surface area contributed by atoms with Gasteiger partial charge in [-0.15, -0.1) is 6.58 Å². The van der Waals surface area contributed by atoms with Crippen molar-refractivity contribution in [3.8, 4) is 0 Å². The molecule has 1 amide bonds. The van der Waals surface area contributed by atoms with Crippen molar-refractivity contribution in [2.75, 3.05) is 35.7 Å². The second-order valence-electron chi connectivity index (χ2n) is 5.28. The summed E-state index contributed by atoms with van der Waals surface area (Å²) in [4.78, 5) is 33.2. The van der Waals surface area contributed by atoms with E-state index in [1.54, 1.807) is 18.0 Å². The third-order valence-corrected chi connectivity index (χ3v) is 3.64. The van der Waals surface area contributed by atoms with Gasteiger partial charge in [-0.05, 0) is 12.8 Å². The van der Waals surface area contributed by atoms with Crippen LogP contribution in [0.5, 0.6) is 0 Å². The van der Waals surface area contributed by atoms with Crippen LogP contribution in [0.15, 0.2) is 17.4 Å². The fourth-order valence-electron chi connectivity index (χ4n) is 2.56. The fourth-order valence-corrected chi connectivity index (χ4v) is 2.56. The zero-order valence-corrected chi connectivity index (χ0v) is 12.9. The zero-order chi connectivity index (χ0) is 17.0. The second kappa shape index (κ2) is 7.25. The van der Waals surface area contributed by atoms with Crippen molar-refractivity contribution in [2.45, 2.75) is 25.2 Å². The molecule has 0 aromatic carbocycles. The first kappa shape index (κ1) is 17.0. The van der Waals surface area contributed by atoms with Gasteiger partial charge in [0.05, 0.1) is 12.7 Å². The van der Waals surface area contributed by atoms with Crippen LogP contribution in [0.4, 0.5) is 17.5 Å². The molecule has 23 heavy (non-hydrogen) atoms. The highest BCUT2D eigenvalue weighted by Crippen LogP contribution is 2.29. The lowest BCUT2D eigenvalue weighted by Crippen LogP contribution is -2.39. The van der Waals surface area contributed by atoms with Gasteiger partial charge >= 0.3 is 0 Å². The molecule has 0 radical (unpaired) electrons. The number of ether oxygens (including phenoxy) is 1. The molecule has 1 aromatic heterocycles. The van der Waals surface area contributed by atoms with Gasteiger partial charge in [0.25, 0.3) is 5.56 Å². The van der Waals surface area contributed by atoms with Crippen molar-refractivity contribution < 1.29 is 14.6 Å². The number of nitrogens with one attached hydrogen (secondary N) is 1. The minimum absolute atomic E-state index is 0.0932. The third kappa shape index (κ3) is 3.51. The Bertz CT molecular complexity index is 632. The van der Waals surface area contributed by atoms with E-state index in [1.807, 2.05) is 0 Å². The number of aliphatic hydroxyl groups is 1. The van der Waals surface area contributed by atoms with Gasteiger partial charge in [0, 0.05) is 13.6 Å². The molecule has 0 bridgehead atoms. The number of amides is 1. The number of hydrogen-bond donors (Lipinski definition) is 3. The molecule has 1 saturated heterocycles. The summed E-state index contributed by atoms with van der Waals surface area (Å²) in [5.41, 5.74) is 5.36. The lowest BCUT2D eigenvalue weighted by Gasteiger charge is -2.28. The van der Waals surface area contributed by atoms with Gasteiger partial charge in [0.2, 0.25) is 12.4 Å². The van der Waals surface area contributed by atoms with Crippen molar-refractivity contribution in [3.05, 3.63) is 23.0 Å². The first-order chi connectivity index (χ1) is 11.0. The van der Waals surface area contributed by atoms with Crippen LogP contribution >= 0.6 is 0 Å². The lowest BCUT2D eigenvalue weighted by atomic mass is 10.2. The monoisotopic (exact) mass is 323 g/mol. The first-order valence-electron chi connectivity index (χ1n) is 7.23. The van der Waals surface area contributed by atoms with E-state index in [0.717, 1.165) is 0 Å². The smallest absolute Gasteiger partial charge is 0.278 e. The molecule has 126 valence electrons. The number of carbonyl (C=O) groups excluding carboxylic acids is 1. The third-order valence-electron chi connectivity index (χ3n) is 3.64. The normalized spacial score (nSPS) is 20.3.